The molecule has 102 valence electrons. The van der Waals surface area contributed by atoms with E-state index in [0.717, 1.165) is 22.6 Å². The fourth-order valence-electron chi connectivity index (χ4n) is 1.86. The number of hydrogen-bond donors (Lipinski definition) is 2. The van der Waals surface area contributed by atoms with Gasteiger partial charge in [-0.2, -0.15) is 0 Å². The first-order valence-corrected chi connectivity index (χ1v) is 6.83. The van der Waals surface area contributed by atoms with Crippen molar-refractivity contribution in [2.24, 2.45) is 5.73 Å². The van der Waals surface area contributed by atoms with Crippen LogP contribution in [0, 0.1) is 11.6 Å². The number of thiophene rings is 1. The van der Waals surface area contributed by atoms with E-state index in [0.29, 0.717) is 23.6 Å². The Hall–Kier alpha value is -2.05. The average Bonchev–Trinajstić information content (AvgIpc) is 3.09. The number of aromatic amines is 1. The summed E-state index contributed by atoms with van der Waals surface area (Å²) in [5, 5.41) is 1.97. The first-order valence-electron chi connectivity index (χ1n) is 5.95. The minimum atomic E-state index is -0.875. The molecule has 0 fully saturated rings. The summed E-state index contributed by atoms with van der Waals surface area (Å²) in [5.41, 5.74) is 7.80. The molecule has 1 aromatic carbocycles. The molecular weight excluding hydrogens is 280 g/mol. The number of nitrogens with zero attached hydrogens (tertiary/aromatic N) is 1. The van der Waals surface area contributed by atoms with Crippen molar-refractivity contribution >= 4 is 11.3 Å². The summed E-state index contributed by atoms with van der Waals surface area (Å²) in [7, 11) is 0. The lowest BCUT2D eigenvalue weighted by Gasteiger charge is -1.98. The number of halogens is 2. The molecule has 0 unspecified atom stereocenters. The lowest BCUT2D eigenvalue weighted by atomic mass is 10.1. The normalized spacial score (nSPS) is 10.9. The molecule has 0 radical (unpaired) electrons. The molecule has 0 saturated heterocycles. The van der Waals surface area contributed by atoms with E-state index in [4.69, 9.17) is 5.73 Å². The predicted octanol–water partition coefficient (Wildman–Crippen LogP) is 3.54. The quantitative estimate of drug-likeness (QED) is 0.775. The van der Waals surface area contributed by atoms with Crippen molar-refractivity contribution in [3.63, 3.8) is 0 Å². The van der Waals surface area contributed by atoms with Crippen LogP contribution in [-0.4, -0.2) is 9.97 Å². The number of nitrogens with one attached hydrogen (secondary N) is 1. The minimum absolute atomic E-state index is 0.479. The Kier molecular flexibility index (Phi) is 3.33. The van der Waals surface area contributed by atoms with Gasteiger partial charge in [-0.1, -0.05) is 0 Å². The van der Waals surface area contributed by atoms with E-state index >= 15 is 0 Å². The van der Waals surface area contributed by atoms with Crippen LogP contribution in [0.3, 0.4) is 0 Å². The van der Waals surface area contributed by atoms with Gasteiger partial charge in [-0.15, -0.1) is 11.3 Å². The molecule has 0 aliphatic rings. The third kappa shape index (κ3) is 2.35. The molecule has 0 aliphatic carbocycles. The molecule has 0 spiro atoms. The van der Waals surface area contributed by atoms with Gasteiger partial charge in [0.15, 0.2) is 11.6 Å². The number of benzene rings is 1. The van der Waals surface area contributed by atoms with E-state index in [9.17, 15) is 8.78 Å². The predicted molar refractivity (Wildman–Crippen MR) is 75.1 cm³/mol. The van der Waals surface area contributed by atoms with Crippen LogP contribution in [0.4, 0.5) is 8.78 Å². The maximum Gasteiger partial charge on any atom is 0.159 e. The zero-order valence-electron chi connectivity index (χ0n) is 10.4. The van der Waals surface area contributed by atoms with Crippen LogP contribution in [0.25, 0.3) is 22.0 Å². The SMILES string of the molecule is NCc1csc(-c2ncc(-c3ccc(F)c(F)c3)[nH]2)c1. The molecule has 2 heterocycles. The standard InChI is InChI=1S/C14H11F2N3S/c15-10-2-1-9(4-11(10)16)12-6-18-14(19-12)13-3-8(5-17)7-20-13/h1-4,6-7H,5,17H2,(H,18,19). The van der Waals surface area contributed by atoms with Gasteiger partial charge in [0.2, 0.25) is 0 Å². The second-order valence-corrected chi connectivity index (χ2v) is 5.21. The van der Waals surface area contributed by atoms with Crippen LogP contribution in [0.2, 0.25) is 0 Å². The van der Waals surface area contributed by atoms with E-state index in [-0.39, 0.29) is 0 Å². The Labute approximate surface area is 118 Å². The van der Waals surface area contributed by atoms with Crippen LogP contribution >= 0.6 is 11.3 Å². The van der Waals surface area contributed by atoms with Crippen molar-refractivity contribution in [2.75, 3.05) is 0 Å². The highest BCUT2D eigenvalue weighted by atomic mass is 32.1. The largest absolute Gasteiger partial charge is 0.337 e. The number of H-pyrrole nitrogens is 1. The zero-order valence-corrected chi connectivity index (χ0v) is 11.2. The summed E-state index contributed by atoms with van der Waals surface area (Å²) < 4.78 is 26.1. The number of aromatic nitrogens is 2. The lowest BCUT2D eigenvalue weighted by Crippen LogP contribution is -1.92. The van der Waals surface area contributed by atoms with Crippen LogP contribution < -0.4 is 5.73 Å². The Morgan fingerprint density at radius 2 is 2.05 bits per heavy atom. The molecule has 3 aromatic rings. The van der Waals surface area contributed by atoms with Gasteiger partial charge in [-0.25, -0.2) is 13.8 Å². The lowest BCUT2D eigenvalue weighted by molar-refractivity contribution is 0.509. The molecule has 3 N–H and O–H groups in total. The number of rotatable bonds is 3. The summed E-state index contributed by atoms with van der Waals surface area (Å²) in [6.07, 6.45) is 1.60. The van der Waals surface area contributed by atoms with Crippen LogP contribution in [0.15, 0.2) is 35.8 Å². The average molecular weight is 291 g/mol. The first kappa shape index (κ1) is 13.0. The topological polar surface area (TPSA) is 54.7 Å². The Bertz CT molecular complexity index is 748. The number of nitrogens with two attached hydrogens (primary N) is 1. The monoisotopic (exact) mass is 291 g/mol. The summed E-state index contributed by atoms with van der Waals surface area (Å²) in [4.78, 5) is 8.32. The van der Waals surface area contributed by atoms with Crippen LogP contribution in [0.1, 0.15) is 5.56 Å². The van der Waals surface area contributed by atoms with Crippen molar-refractivity contribution in [3.8, 4) is 22.0 Å². The fraction of sp³-hybridized carbons (Fsp3) is 0.0714. The Morgan fingerprint density at radius 1 is 1.20 bits per heavy atom. The second-order valence-electron chi connectivity index (χ2n) is 4.30. The molecule has 6 heteroatoms. The minimum Gasteiger partial charge on any atom is -0.337 e. The number of imidazole rings is 1. The summed E-state index contributed by atoms with van der Waals surface area (Å²) in [6, 6.07) is 5.71. The molecule has 3 nitrogen and oxygen atoms in total. The Balaban J connectivity index is 1.95. The summed E-state index contributed by atoms with van der Waals surface area (Å²) in [5.74, 6) is -1.05. The maximum absolute atomic E-state index is 13.2. The van der Waals surface area contributed by atoms with Gasteiger partial charge in [0.05, 0.1) is 16.8 Å². The summed E-state index contributed by atoms with van der Waals surface area (Å²) in [6.45, 7) is 0.479. The van der Waals surface area contributed by atoms with Gasteiger partial charge in [0.1, 0.15) is 5.82 Å². The smallest absolute Gasteiger partial charge is 0.159 e. The van der Waals surface area contributed by atoms with Gasteiger partial charge >= 0.3 is 0 Å². The van der Waals surface area contributed by atoms with Gasteiger partial charge in [-0.3, -0.25) is 0 Å². The molecule has 20 heavy (non-hydrogen) atoms. The fourth-order valence-corrected chi connectivity index (χ4v) is 2.74. The van der Waals surface area contributed by atoms with E-state index < -0.39 is 11.6 Å². The van der Waals surface area contributed by atoms with E-state index in [2.05, 4.69) is 9.97 Å². The molecule has 2 aromatic heterocycles. The molecular formula is C14H11F2N3S. The highest BCUT2D eigenvalue weighted by Crippen LogP contribution is 2.27. The molecule has 0 atom stereocenters. The van der Waals surface area contributed by atoms with Gasteiger partial charge < -0.3 is 10.7 Å². The van der Waals surface area contributed by atoms with Gasteiger partial charge in [0, 0.05) is 12.1 Å². The number of hydrogen-bond acceptors (Lipinski definition) is 3. The first-order chi connectivity index (χ1) is 9.67. The molecule has 0 saturated carbocycles. The Morgan fingerprint density at radius 3 is 2.75 bits per heavy atom. The highest BCUT2D eigenvalue weighted by molar-refractivity contribution is 7.13. The molecule has 3 rings (SSSR count). The van der Waals surface area contributed by atoms with E-state index in [1.54, 1.807) is 6.20 Å². The van der Waals surface area contributed by atoms with Crippen molar-refractivity contribution in [2.45, 2.75) is 6.54 Å². The maximum atomic E-state index is 13.2. The van der Waals surface area contributed by atoms with Crippen molar-refractivity contribution in [1.29, 1.82) is 0 Å². The highest BCUT2D eigenvalue weighted by Gasteiger charge is 2.10. The van der Waals surface area contributed by atoms with Crippen LogP contribution in [-0.2, 0) is 6.54 Å². The van der Waals surface area contributed by atoms with Crippen molar-refractivity contribution in [1.82, 2.24) is 9.97 Å². The van der Waals surface area contributed by atoms with Crippen molar-refractivity contribution < 1.29 is 8.78 Å². The summed E-state index contributed by atoms with van der Waals surface area (Å²) >= 11 is 1.53. The second kappa shape index (κ2) is 5.15. The molecule has 0 aliphatic heterocycles. The third-order valence-electron chi connectivity index (χ3n) is 2.93. The molecule has 0 amide bonds. The van der Waals surface area contributed by atoms with E-state index in [1.807, 2.05) is 11.4 Å². The van der Waals surface area contributed by atoms with Gasteiger partial charge in [-0.05, 0) is 35.2 Å². The van der Waals surface area contributed by atoms with Gasteiger partial charge in [0.25, 0.3) is 0 Å². The van der Waals surface area contributed by atoms with Crippen LogP contribution in [0.5, 0.6) is 0 Å². The third-order valence-corrected chi connectivity index (χ3v) is 3.92. The van der Waals surface area contributed by atoms with E-state index in [1.165, 1.54) is 17.4 Å². The zero-order chi connectivity index (χ0) is 14.1. The van der Waals surface area contributed by atoms with Crippen molar-refractivity contribution in [3.05, 3.63) is 53.0 Å². The molecule has 0 bridgehead atoms.